The molecule has 80 valence electrons. The van der Waals surface area contributed by atoms with E-state index in [4.69, 9.17) is 0 Å². The Labute approximate surface area is 87.6 Å². The Kier molecular flexibility index (Phi) is 3.97. The van der Waals surface area contributed by atoms with Gasteiger partial charge in [-0.15, -0.1) is 0 Å². The second-order valence-corrected chi connectivity index (χ2v) is 2.92. The number of carbonyl (C=O) groups excluding carboxylic acids is 1. The van der Waals surface area contributed by atoms with Crippen LogP contribution in [0.1, 0.15) is 18.2 Å². The van der Waals surface area contributed by atoms with Crippen LogP contribution in [0.3, 0.4) is 0 Å². The maximum absolute atomic E-state index is 13.2. The molecule has 0 fully saturated rings. The van der Waals surface area contributed by atoms with E-state index in [-0.39, 0.29) is 6.61 Å². The third kappa shape index (κ3) is 3.16. The van der Waals surface area contributed by atoms with Gasteiger partial charge in [0, 0.05) is 12.3 Å². The van der Waals surface area contributed by atoms with Gasteiger partial charge in [0.05, 0.1) is 12.3 Å². The van der Waals surface area contributed by atoms with Crippen LogP contribution in [-0.4, -0.2) is 17.6 Å². The van der Waals surface area contributed by atoms with Gasteiger partial charge in [0.1, 0.15) is 0 Å². The van der Waals surface area contributed by atoms with Crippen LogP contribution in [0, 0.1) is 6.92 Å². The Morgan fingerprint density at radius 3 is 3.00 bits per heavy atom. The average Bonchev–Trinajstić information content (AvgIpc) is 2.21. The Morgan fingerprint density at radius 2 is 2.40 bits per heavy atom. The standard InChI is InChI=1S/C11H12FNO2/c1-3-15-11(14)9(12)7-10-8(2)5-4-6-13-10/h4-7H,3H2,1-2H3/b9-7-. The molecule has 0 saturated heterocycles. The number of hydrogen-bond donors (Lipinski definition) is 0. The Hall–Kier alpha value is -1.71. The predicted octanol–water partition coefficient (Wildman–Crippen LogP) is 2.26. The van der Waals surface area contributed by atoms with Crippen molar-refractivity contribution in [2.75, 3.05) is 6.61 Å². The number of hydrogen-bond acceptors (Lipinski definition) is 3. The number of aryl methyl sites for hydroxylation is 1. The van der Waals surface area contributed by atoms with Crippen molar-refractivity contribution >= 4 is 12.0 Å². The lowest BCUT2D eigenvalue weighted by Crippen LogP contribution is -2.04. The number of pyridine rings is 1. The number of nitrogens with zero attached hydrogens (tertiary/aromatic N) is 1. The third-order valence-corrected chi connectivity index (χ3v) is 1.78. The largest absolute Gasteiger partial charge is 0.461 e. The number of ether oxygens (including phenoxy) is 1. The molecule has 1 aromatic heterocycles. The summed E-state index contributed by atoms with van der Waals surface area (Å²) in [6.07, 6.45) is 2.62. The normalized spacial score (nSPS) is 11.3. The van der Waals surface area contributed by atoms with Crippen molar-refractivity contribution in [2.24, 2.45) is 0 Å². The van der Waals surface area contributed by atoms with E-state index in [2.05, 4.69) is 9.72 Å². The molecule has 0 aliphatic heterocycles. The van der Waals surface area contributed by atoms with Crippen LogP contribution in [0.5, 0.6) is 0 Å². The highest BCUT2D eigenvalue weighted by molar-refractivity contribution is 5.91. The Morgan fingerprint density at radius 1 is 1.67 bits per heavy atom. The molecule has 0 bridgehead atoms. The minimum absolute atomic E-state index is 0.154. The molecule has 4 heteroatoms. The summed E-state index contributed by atoms with van der Waals surface area (Å²) < 4.78 is 17.7. The molecule has 0 aliphatic carbocycles. The zero-order chi connectivity index (χ0) is 11.3. The van der Waals surface area contributed by atoms with Crippen LogP contribution in [0.15, 0.2) is 24.2 Å². The molecule has 0 saturated carbocycles. The van der Waals surface area contributed by atoms with Crippen LogP contribution < -0.4 is 0 Å². The molecule has 15 heavy (non-hydrogen) atoms. The topological polar surface area (TPSA) is 39.2 Å². The summed E-state index contributed by atoms with van der Waals surface area (Å²) >= 11 is 0. The zero-order valence-corrected chi connectivity index (χ0v) is 8.66. The first kappa shape index (κ1) is 11.4. The molecule has 1 rings (SSSR count). The van der Waals surface area contributed by atoms with Gasteiger partial charge in [-0.2, -0.15) is 4.39 Å². The lowest BCUT2D eigenvalue weighted by molar-refractivity contribution is -0.140. The fourth-order valence-electron chi connectivity index (χ4n) is 1.03. The van der Waals surface area contributed by atoms with E-state index in [1.54, 1.807) is 26.0 Å². The van der Waals surface area contributed by atoms with Gasteiger partial charge in [0.2, 0.25) is 5.83 Å². The molecule has 0 radical (unpaired) electrons. The van der Waals surface area contributed by atoms with E-state index >= 15 is 0 Å². The van der Waals surface area contributed by atoms with Crippen molar-refractivity contribution in [1.29, 1.82) is 0 Å². The summed E-state index contributed by atoms with van der Waals surface area (Å²) in [5.74, 6) is -1.89. The smallest absolute Gasteiger partial charge is 0.367 e. The van der Waals surface area contributed by atoms with Gasteiger partial charge in [0.25, 0.3) is 0 Å². The highest BCUT2D eigenvalue weighted by Gasteiger charge is 2.10. The number of carbonyl (C=O) groups is 1. The Balaban J connectivity index is 2.88. The average molecular weight is 209 g/mol. The van der Waals surface area contributed by atoms with E-state index in [1.165, 1.54) is 6.20 Å². The van der Waals surface area contributed by atoms with E-state index in [9.17, 15) is 9.18 Å². The van der Waals surface area contributed by atoms with Crippen LogP contribution in [0.25, 0.3) is 6.08 Å². The van der Waals surface area contributed by atoms with E-state index in [1.807, 2.05) is 0 Å². The number of halogens is 1. The highest BCUT2D eigenvalue weighted by atomic mass is 19.1. The molecular weight excluding hydrogens is 197 g/mol. The van der Waals surface area contributed by atoms with Gasteiger partial charge < -0.3 is 4.74 Å². The molecule has 1 aromatic rings. The van der Waals surface area contributed by atoms with Crippen molar-refractivity contribution in [2.45, 2.75) is 13.8 Å². The van der Waals surface area contributed by atoms with Gasteiger partial charge in [-0.25, -0.2) is 4.79 Å². The molecule has 0 spiro atoms. The summed E-state index contributed by atoms with van der Waals surface area (Å²) in [6, 6.07) is 3.53. The summed E-state index contributed by atoms with van der Waals surface area (Å²) in [7, 11) is 0. The summed E-state index contributed by atoms with van der Waals surface area (Å²) in [4.78, 5) is 14.9. The summed E-state index contributed by atoms with van der Waals surface area (Å²) in [6.45, 7) is 3.57. The van der Waals surface area contributed by atoms with Crippen molar-refractivity contribution in [3.05, 3.63) is 35.4 Å². The molecular formula is C11H12FNO2. The molecule has 0 unspecified atom stereocenters. The minimum atomic E-state index is -0.956. The van der Waals surface area contributed by atoms with E-state index in [0.29, 0.717) is 5.69 Å². The molecule has 0 atom stereocenters. The first-order valence-electron chi connectivity index (χ1n) is 4.61. The van der Waals surface area contributed by atoms with Crippen LogP contribution in [0.2, 0.25) is 0 Å². The molecule has 0 amide bonds. The number of esters is 1. The van der Waals surface area contributed by atoms with Gasteiger partial charge in [-0.1, -0.05) is 6.07 Å². The molecule has 3 nitrogen and oxygen atoms in total. The monoisotopic (exact) mass is 209 g/mol. The van der Waals surface area contributed by atoms with Crippen molar-refractivity contribution in [3.63, 3.8) is 0 Å². The molecule has 1 heterocycles. The number of rotatable bonds is 3. The lowest BCUT2D eigenvalue weighted by atomic mass is 10.2. The lowest BCUT2D eigenvalue weighted by Gasteiger charge is -2.00. The molecule has 0 aliphatic rings. The van der Waals surface area contributed by atoms with E-state index < -0.39 is 11.8 Å². The quantitative estimate of drug-likeness (QED) is 0.566. The first-order chi connectivity index (χ1) is 7.15. The second kappa shape index (κ2) is 5.24. The Bertz CT molecular complexity index is 388. The van der Waals surface area contributed by atoms with Crippen molar-refractivity contribution in [3.8, 4) is 0 Å². The SMILES string of the molecule is CCOC(=O)/C(F)=C/c1ncccc1C. The maximum Gasteiger partial charge on any atom is 0.367 e. The minimum Gasteiger partial charge on any atom is -0.461 e. The molecule has 0 aromatic carbocycles. The van der Waals surface area contributed by atoms with Crippen molar-refractivity contribution < 1.29 is 13.9 Å². The fraction of sp³-hybridized carbons (Fsp3) is 0.273. The van der Waals surface area contributed by atoms with Crippen molar-refractivity contribution in [1.82, 2.24) is 4.98 Å². The molecule has 0 N–H and O–H groups in total. The van der Waals surface area contributed by atoms with Gasteiger partial charge >= 0.3 is 5.97 Å². The number of aromatic nitrogens is 1. The van der Waals surface area contributed by atoms with Gasteiger partial charge in [-0.05, 0) is 25.5 Å². The van der Waals surface area contributed by atoms with Crippen LogP contribution in [-0.2, 0) is 9.53 Å². The summed E-state index contributed by atoms with van der Waals surface area (Å²) in [5, 5.41) is 0. The third-order valence-electron chi connectivity index (χ3n) is 1.78. The maximum atomic E-state index is 13.2. The van der Waals surface area contributed by atoms with E-state index in [0.717, 1.165) is 11.6 Å². The summed E-state index contributed by atoms with van der Waals surface area (Å²) in [5.41, 5.74) is 1.24. The van der Waals surface area contributed by atoms with Crippen LogP contribution in [0.4, 0.5) is 4.39 Å². The fourth-order valence-corrected chi connectivity index (χ4v) is 1.03. The van der Waals surface area contributed by atoms with Gasteiger partial charge in [0.15, 0.2) is 0 Å². The van der Waals surface area contributed by atoms with Crippen LogP contribution >= 0.6 is 0 Å². The van der Waals surface area contributed by atoms with Gasteiger partial charge in [-0.3, -0.25) is 4.98 Å². The zero-order valence-electron chi connectivity index (χ0n) is 8.66. The first-order valence-corrected chi connectivity index (χ1v) is 4.61. The predicted molar refractivity (Wildman–Crippen MR) is 54.7 cm³/mol. The second-order valence-electron chi connectivity index (χ2n) is 2.92. The highest BCUT2D eigenvalue weighted by Crippen LogP contribution is 2.10.